The number of carbonyl (C=O) groups excluding carboxylic acids is 1. The van der Waals surface area contributed by atoms with Crippen LogP contribution in [-0.2, 0) is 16.1 Å². The molecule has 0 spiro atoms. The molecule has 0 atom stereocenters. The smallest absolute Gasteiger partial charge is 0.305 e. The molecule has 0 fully saturated rings. The fourth-order valence-corrected chi connectivity index (χ4v) is 1.89. The standard InChI is InChI=1S/C12H15BrN2O4/c1-19-12(16)3-2-6-14-8-9-4-5-10(13)11(7-9)15(17)18/h4-5,7,14H,2-3,6,8H2,1H3. The van der Waals surface area contributed by atoms with Crippen molar-refractivity contribution in [2.24, 2.45) is 0 Å². The summed E-state index contributed by atoms with van der Waals surface area (Å²) in [7, 11) is 1.36. The molecule has 104 valence electrons. The molecule has 1 N–H and O–H groups in total. The number of carbonyl (C=O) groups is 1. The highest BCUT2D eigenvalue weighted by molar-refractivity contribution is 9.10. The predicted octanol–water partition coefficient (Wildman–Crippen LogP) is 2.40. The molecule has 0 saturated carbocycles. The molecule has 0 aliphatic rings. The predicted molar refractivity (Wildman–Crippen MR) is 73.8 cm³/mol. The van der Waals surface area contributed by atoms with Crippen molar-refractivity contribution in [2.75, 3.05) is 13.7 Å². The van der Waals surface area contributed by atoms with E-state index in [0.717, 1.165) is 5.56 Å². The Morgan fingerprint density at radius 2 is 2.26 bits per heavy atom. The van der Waals surface area contributed by atoms with Crippen LogP contribution in [0.1, 0.15) is 18.4 Å². The SMILES string of the molecule is COC(=O)CCCNCc1ccc(Br)c([N+](=O)[O-])c1. The maximum absolute atomic E-state index is 10.9. The van der Waals surface area contributed by atoms with Gasteiger partial charge in [-0.1, -0.05) is 6.07 Å². The lowest BCUT2D eigenvalue weighted by atomic mass is 10.2. The van der Waals surface area contributed by atoms with Crippen LogP contribution in [0.15, 0.2) is 22.7 Å². The molecule has 0 aliphatic carbocycles. The summed E-state index contributed by atoms with van der Waals surface area (Å²) in [6.45, 7) is 1.17. The number of ether oxygens (including phenoxy) is 1. The van der Waals surface area contributed by atoms with Crippen LogP contribution in [0.2, 0.25) is 0 Å². The van der Waals surface area contributed by atoms with E-state index in [1.165, 1.54) is 13.2 Å². The van der Waals surface area contributed by atoms with Crippen molar-refractivity contribution >= 4 is 27.6 Å². The highest BCUT2D eigenvalue weighted by Gasteiger charge is 2.11. The van der Waals surface area contributed by atoms with Crippen molar-refractivity contribution < 1.29 is 14.5 Å². The Labute approximate surface area is 119 Å². The summed E-state index contributed by atoms with van der Waals surface area (Å²) < 4.78 is 4.99. The monoisotopic (exact) mass is 330 g/mol. The molecule has 1 rings (SSSR count). The summed E-state index contributed by atoms with van der Waals surface area (Å²) in [5.41, 5.74) is 0.877. The lowest BCUT2D eigenvalue weighted by Gasteiger charge is -2.05. The van der Waals surface area contributed by atoms with Gasteiger partial charge in [-0.2, -0.15) is 0 Å². The number of nitrogens with one attached hydrogen (secondary N) is 1. The van der Waals surface area contributed by atoms with E-state index in [1.807, 2.05) is 6.07 Å². The van der Waals surface area contributed by atoms with Gasteiger partial charge in [-0.25, -0.2) is 0 Å². The lowest BCUT2D eigenvalue weighted by Crippen LogP contribution is -2.16. The van der Waals surface area contributed by atoms with Gasteiger partial charge in [-0.15, -0.1) is 0 Å². The number of hydrogen-bond donors (Lipinski definition) is 1. The highest BCUT2D eigenvalue weighted by atomic mass is 79.9. The van der Waals surface area contributed by atoms with Crippen LogP contribution < -0.4 is 5.32 Å². The zero-order chi connectivity index (χ0) is 14.3. The fraction of sp³-hybridized carbons (Fsp3) is 0.417. The molecule has 0 saturated heterocycles. The molecule has 0 aromatic heterocycles. The van der Waals surface area contributed by atoms with E-state index in [9.17, 15) is 14.9 Å². The summed E-state index contributed by atoms with van der Waals surface area (Å²) in [5, 5.41) is 13.9. The molecule has 0 radical (unpaired) electrons. The first-order valence-electron chi connectivity index (χ1n) is 5.75. The topological polar surface area (TPSA) is 81.5 Å². The summed E-state index contributed by atoms with van der Waals surface area (Å²) in [6.07, 6.45) is 1.04. The molecule has 1 aromatic carbocycles. The van der Waals surface area contributed by atoms with Gasteiger partial charge in [0.1, 0.15) is 0 Å². The van der Waals surface area contributed by atoms with E-state index in [2.05, 4.69) is 26.0 Å². The number of esters is 1. The van der Waals surface area contributed by atoms with E-state index in [0.29, 0.717) is 30.4 Å². The largest absolute Gasteiger partial charge is 0.469 e. The normalized spacial score (nSPS) is 10.2. The van der Waals surface area contributed by atoms with Crippen LogP contribution in [-0.4, -0.2) is 24.5 Å². The Hall–Kier alpha value is -1.47. The Morgan fingerprint density at radius 1 is 1.53 bits per heavy atom. The minimum atomic E-state index is -0.426. The van der Waals surface area contributed by atoms with Crippen molar-refractivity contribution in [1.29, 1.82) is 0 Å². The molecule has 0 bridgehead atoms. The second kappa shape index (κ2) is 7.85. The Kier molecular flexibility index (Phi) is 6.44. The Bertz CT molecular complexity index is 465. The van der Waals surface area contributed by atoms with Gasteiger partial charge in [0.2, 0.25) is 0 Å². The van der Waals surface area contributed by atoms with Crippen LogP contribution in [0.4, 0.5) is 5.69 Å². The van der Waals surface area contributed by atoms with Crippen LogP contribution in [0, 0.1) is 10.1 Å². The molecule has 19 heavy (non-hydrogen) atoms. The number of halogens is 1. The van der Waals surface area contributed by atoms with Crippen LogP contribution in [0.3, 0.4) is 0 Å². The first-order chi connectivity index (χ1) is 9.04. The van der Waals surface area contributed by atoms with Crippen molar-refractivity contribution in [3.8, 4) is 0 Å². The minimum Gasteiger partial charge on any atom is -0.469 e. The number of hydrogen-bond acceptors (Lipinski definition) is 5. The van der Waals surface area contributed by atoms with Gasteiger partial charge in [0.05, 0.1) is 16.5 Å². The first-order valence-corrected chi connectivity index (χ1v) is 6.54. The minimum absolute atomic E-state index is 0.0499. The van der Waals surface area contributed by atoms with E-state index in [4.69, 9.17) is 0 Å². The number of nitrogens with zero attached hydrogens (tertiary/aromatic N) is 1. The molecule has 0 aliphatic heterocycles. The zero-order valence-electron chi connectivity index (χ0n) is 10.5. The van der Waals surface area contributed by atoms with Gasteiger partial charge in [0.25, 0.3) is 5.69 Å². The van der Waals surface area contributed by atoms with E-state index >= 15 is 0 Å². The highest BCUT2D eigenvalue weighted by Crippen LogP contribution is 2.25. The molecule has 0 amide bonds. The molecule has 1 aromatic rings. The molecule has 6 nitrogen and oxygen atoms in total. The molecule has 0 unspecified atom stereocenters. The van der Waals surface area contributed by atoms with E-state index < -0.39 is 4.92 Å². The summed E-state index contributed by atoms with van der Waals surface area (Å²) in [6, 6.07) is 4.99. The second-order valence-corrected chi connectivity index (χ2v) is 4.75. The Balaban J connectivity index is 2.40. The van der Waals surface area contributed by atoms with Crippen molar-refractivity contribution in [1.82, 2.24) is 5.32 Å². The van der Waals surface area contributed by atoms with E-state index in [-0.39, 0.29) is 11.7 Å². The maximum atomic E-state index is 10.9. The first kappa shape index (κ1) is 15.6. The second-order valence-electron chi connectivity index (χ2n) is 3.90. The number of benzene rings is 1. The number of nitro benzene ring substituents is 1. The third-order valence-corrected chi connectivity index (χ3v) is 3.17. The molecule has 0 heterocycles. The van der Waals surface area contributed by atoms with Gasteiger partial charge in [-0.05, 0) is 40.5 Å². The van der Waals surface area contributed by atoms with Gasteiger partial charge in [-0.3, -0.25) is 14.9 Å². The third-order valence-electron chi connectivity index (χ3n) is 2.50. The van der Waals surface area contributed by atoms with E-state index in [1.54, 1.807) is 6.07 Å². The number of methoxy groups -OCH3 is 1. The molecular weight excluding hydrogens is 316 g/mol. The summed E-state index contributed by atoms with van der Waals surface area (Å²) >= 11 is 3.13. The number of nitro groups is 1. The lowest BCUT2D eigenvalue weighted by molar-refractivity contribution is -0.385. The summed E-state index contributed by atoms with van der Waals surface area (Å²) in [5.74, 6) is -0.235. The van der Waals surface area contributed by atoms with Crippen LogP contribution in [0.5, 0.6) is 0 Å². The quantitative estimate of drug-likeness (QED) is 0.359. The maximum Gasteiger partial charge on any atom is 0.305 e. The molecule has 7 heteroatoms. The van der Waals surface area contributed by atoms with Crippen molar-refractivity contribution in [2.45, 2.75) is 19.4 Å². The fourth-order valence-electron chi connectivity index (χ4n) is 1.50. The van der Waals surface area contributed by atoms with Gasteiger partial charge in [0.15, 0.2) is 0 Å². The Morgan fingerprint density at radius 3 is 2.89 bits per heavy atom. The zero-order valence-corrected chi connectivity index (χ0v) is 12.1. The van der Waals surface area contributed by atoms with Crippen molar-refractivity contribution in [3.63, 3.8) is 0 Å². The average molecular weight is 331 g/mol. The van der Waals surface area contributed by atoms with Gasteiger partial charge in [0, 0.05) is 19.0 Å². The van der Waals surface area contributed by atoms with Gasteiger partial charge < -0.3 is 10.1 Å². The number of rotatable bonds is 7. The summed E-state index contributed by atoms with van der Waals surface area (Å²) in [4.78, 5) is 21.2. The van der Waals surface area contributed by atoms with Crippen LogP contribution in [0.25, 0.3) is 0 Å². The van der Waals surface area contributed by atoms with Crippen LogP contribution >= 0.6 is 15.9 Å². The van der Waals surface area contributed by atoms with Gasteiger partial charge >= 0.3 is 5.97 Å². The van der Waals surface area contributed by atoms with Crippen molar-refractivity contribution in [3.05, 3.63) is 38.3 Å². The average Bonchev–Trinajstić information content (AvgIpc) is 2.39. The third kappa shape index (κ3) is 5.35. The molecular formula is C12H15BrN2O4.